The number of para-hydroxylation sites is 1. The first kappa shape index (κ1) is 16.6. The molecule has 1 aliphatic heterocycles. The highest BCUT2D eigenvalue weighted by Crippen LogP contribution is 2.39. The van der Waals surface area contributed by atoms with Crippen LogP contribution in [0.15, 0.2) is 34.7 Å². The van der Waals surface area contributed by atoms with Crippen molar-refractivity contribution in [2.45, 2.75) is 13.0 Å². The number of anilines is 1. The van der Waals surface area contributed by atoms with Crippen LogP contribution in [0.3, 0.4) is 0 Å². The van der Waals surface area contributed by atoms with Gasteiger partial charge >= 0.3 is 5.97 Å². The Morgan fingerprint density at radius 3 is 2.96 bits per heavy atom. The Balaban J connectivity index is 2.12. The third-order valence-corrected chi connectivity index (χ3v) is 5.49. The summed E-state index contributed by atoms with van der Waals surface area (Å²) in [6.45, 7) is 2.34. The monoisotopic (exact) mass is 371 g/mol. The maximum Gasteiger partial charge on any atom is 0.347 e. The molecule has 0 fully saturated rings. The summed E-state index contributed by atoms with van der Waals surface area (Å²) < 4.78 is 6.59. The number of esters is 1. The molecule has 0 aliphatic carbocycles. The molecule has 4 rings (SSSR count). The summed E-state index contributed by atoms with van der Waals surface area (Å²) in [5.74, 6) is -1.15. The van der Waals surface area contributed by atoms with E-state index in [1.165, 1.54) is 11.3 Å². The largest absolute Gasteiger partial charge is 0.506 e. The predicted molar refractivity (Wildman–Crippen MR) is 99.4 cm³/mol. The second-order valence-corrected chi connectivity index (χ2v) is 7.01. The Labute approximate surface area is 153 Å². The highest BCUT2D eigenvalue weighted by atomic mass is 32.1. The maximum absolute atomic E-state index is 13.2. The lowest BCUT2D eigenvalue weighted by atomic mass is 10.0. The van der Waals surface area contributed by atoms with Crippen molar-refractivity contribution >= 4 is 33.9 Å². The van der Waals surface area contributed by atoms with Gasteiger partial charge in [-0.15, -0.1) is 11.3 Å². The van der Waals surface area contributed by atoms with Crippen LogP contribution in [0.5, 0.6) is 5.75 Å². The average molecular weight is 371 g/mol. The molecule has 0 amide bonds. The van der Waals surface area contributed by atoms with E-state index in [1.807, 2.05) is 18.0 Å². The summed E-state index contributed by atoms with van der Waals surface area (Å²) >= 11 is 1.45. The lowest BCUT2D eigenvalue weighted by Crippen LogP contribution is -2.40. The van der Waals surface area contributed by atoms with Crippen molar-refractivity contribution in [2.75, 3.05) is 25.1 Å². The third-order valence-electron chi connectivity index (χ3n) is 4.61. The molecule has 0 saturated heterocycles. The normalized spacial score (nSPS) is 16.1. The quantitative estimate of drug-likeness (QED) is 0.712. The SMILES string of the molecule is CCOC(=O)c1c(O)c2cccc3c2n(c1=O)C(c1cncs1)CN3C. The fourth-order valence-electron chi connectivity index (χ4n) is 3.47. The maximum atomic E-state index is 13.2. The molecule has 0 saturated carbocycles. The number of ether oxygens (including phenoxy) is 1. The van der Waals surface area contributed by atoms with Crippen LogP contribution >= 0.6 is 11.3 Å². The molecule has 1 aromatic carbocycles. The Morgan fingerprint density at radius 2 is 2.27 bits per heavy atom. The highest BCUT2D eigenvalue weighted by Gasteiger charge is 2.33. The Hall–Kier alpha value is -2.87. The number of benzene rings is 1. The van der Waals surface area contributed by atoms with Gasteiger partial charge in [0, 0.05) is 30.1 Å². The summed E-state index contributed by atoms with van der Waals surface area (Å²) in [5.41, 5.74) is 2.27. The molecule has 3 aromatic rings. The number of thiazole rings is 1. The number of aromatic nitrogens is 2. The lowest BCUT2D eigenvalue weighted by molar-refractivity contribution is 0.0520. The standard InChI is InChI=1S/C18H17N3O4S/c1-3-25-18(24)14-16(22)10-5-4-6-11-15(10)21(17(14)23)12(8-20(11)2)13-7-19-9-26-13/h4-7,9,12,22H,3,8H2,1-2H3. The number of likely N-dealkylation sites (N-methyl/N-ethyl adjacent to an activating group) is 1. The third kappa shape index (κ3) is 2.29. The Bertz CT molecular complexity index is 1060. The van der Waals surface area contributed by atoms with Gasteiger partial charge in [0.2, 0.25) is 0 Å². The zero-order chi connectivity index (χ0) is 18.4. The molecule has 1 atom stereocenters. The first-order valence-electron chi connectivity index (χ1n) is 8.21. The minimum atomic E-state index is -0.812. The van der Waals surface area contributed by atoms with Crippen LogP contribution < -0.4 is 10.5 Å². The predicted octanol–water partition coefficient (Wildman–Crippen LogP) is 2.38. The van der Waals surface area contributed by atoms with Gasteiger partial charge in [0.05, 0.1) is 29.4 Å². The lowest BCUT2D eigenvalue weighted by Gasteiger charge is -2.34. The zero-order valence-electron chi connectivity index (χ0n) is 14.3. The van der Waals surface area contributed by atoms with Crippen molar-refractivity contribution in [3.8, 4) is 5.75 Å². The fourth-order valence-corrected chi connectivity index (χ4v) is 4.18. The smallest absolute Gasteiger partial charge is 0.347 e. The van der Waals surface area contributed by atoms with Crippen LogP contribution in [0.4, 0.5) is 5.69 Å². The number of nitrogens with zero attached hydrogens (tertiary/aromatic N) is 3. The molecular weight excluding hydrogens is 354 g/mol. The molecule has 8 heteroatoms. The van der Waals surface area contributed by atoms with E-state index in [4.69, 9.17) is 4.74 Å². The van der Waals surface area contributed by atoms with E-state index in [-0.39, 0.29) is 24.0 Å². The van der Waals surface area contributed by atoms with Crippen molar-refractivity contribution in [2.24, 2.45) is 0 Å². The molecule has 2 aromatic heterocycles. The van der Waals surface area contributed by atoms with Crippen LogP contribution in [0.2, 0.25) is 0 Å². The summed E-state index contributed by atoms with van der Waals surface area (Å²) in [7, 11) is 1.94. The van der Waals surface area contributed by atoms with Gasteiger partial charge in [-0.05, 0) is 19.1 Å². The minimum absolute atomic E-state index is 0.122. The van der Waals surface area contributed by atoms with Gasteiger partial charge in [-0.1, -0.05) is 6.07 Å². The van der Waals surface area contributed by atoms with Gasteiger partial charge < -0.3 is 14.7 Å². The number of carbonyl (C=O) groups is 1. The fraction of sp³-hybridized carbons (Fsp3) is 0.278. The summed E-state index contributed by atoms with van der Waals surface area (Å²) in [4.78, 5) is 32.6. The average Bonchev–Trinajstić information content (AvgIpc) is 3.15. The van der Waals surface area contributed by atoms with E-state index in [1.54, 1.807) is 35.3 Å². The molecule has 7 nitrogen and oxygen atoms in total. The van der Waals surface area contributed by atoms with E-state index in [2.05, 4.69) is 4.98 Å². The molecule has 0 radical (unpaired) electrons. The molecule has 0 spiro atoms. The van der Waals surface area contributed by atoms with E-state index in [0.717, 1.165) is 10.6 Å². The molecule has 0 bridgehead atoms. The molecule has 134 valence electrons. The number of aromatic hydroxyl groups is 1. The zero-order valence-corrected chi connectivity index (χ0v) is 15.1. The second kappa shape index (κ2) is 6.14. The number of hydrogen-bond acceptors (Lipinski definition) is 7. The molecule has 3 heterocycles. The van der Waals surface area contributed by atoms with E-state index in [0.29, 0.717) is 17.4 Å². The van der Waals surface area contributed by atoms with Gasteiger partial charge in [0.15, 0.2) is 5.56 Å². The first-order valence-corrected chi connectivity index (χ1v) is 9.09. The Kier molecular flexibility index (Phi) is 3.91. The second-order valence-electron chi connectivity index (χ2n) is 6.09. The van der Waals surface area contributed by atoms with E-state index >= 15 is 0 Å². The summed E-state index contributed by atoms with van der Waals surface area (Å²) in [6, 6.07) is 5.09. The topological polar surface area (TPSA) is 84.7 Å². The van der Waals surface area contributed by atoms with Crippen molar-refractivity contribution < 1.29 is 14.6 Å². The summed E-state index contributed by atoms with van der Waals surface area (Å²) in [5, 5.41) is 11.1. The van der Waals surface area contributed by atoms with Gasteiger partial charge in [0.25, 0.3) is 5.56 Å². The summed E-state index contributed by atoms with van der Waals surface area (Å²) in [6.07, 6.45) is 1.73. The number of rotatable bonds is 3. The number of carbonyl (C=O) groups excluding carboxylic acids is 1. The number of pyridine rings is 1. The van der Waals surface area contributed by atoms with Crippen LogP contribution in [0.25, 0.3) is 10.9 Å². The van der Waals surface area contributed by atoms with Crippen molar-refractivity contribution in [1.29, 1.82) is 0 Å². The highest BCUT2D eigenvalue weighted by molar-refractivity contribution is 7.09. The Morgan fingerprint density at radius 1 is 1.46 bits per heavy atom. The van der Waals surface area contributed by atoms with Crippen LogP contribution in [-0.2, 0) is 4.74 Å². The number of hydrogen-bond donors (Lipinski definition) is 1. The molecule has 26 heavy (non-hydrogen) atoms. The first-order chi connectivity index (χ1) is 12.5. The van der Waals surface area contributed by atoms with Gasteiger partial charge in [-0.3, -0.25) is 14.3 Å². The molecule has 1 N–H and O–H groups in total. The van der Waals surface area contributed by atoms with Gasteiger partial charge in [-0.2, -0.15) is 0 Å². The van der Waals surface area contributed by atoms with E-state index < -0.39 is 11.5 Å². The van der Waals surface area contributed by atoms with Crippen LogP contribution in [0, 0.1) is 0 Å². The minimum Gasteiger partial charge on any atom is -0.506 e. The van der Waals surface area contributed by atoms with Crippen molar-refractivity contribution in [3.63, 3.8) is 0 Å². The van der Waals surface area contributed by atoms with Crippen LogP contribution in [-0.4, -0.2) is 40.8 Å². The van der Waals surface area contributed by atoms with Crippen molar-refractivity contribution in [3.05, 3.63) is 50.7 Å². The van der Waals surface area contributed by atoms with Crippen molar-refractivity contribution in [1.82, 2.24) is 9.55 Å². The van der Waals surface area contributed by atoms with Crippen LogP contribution in [0.1, 0.15) is 28.2 Å². The molecule has 1 aliphatic rings. The van der Waals surface area contributed by atoms with Gasteiger partial charge in [0.1, 0.15) is 5.75 Å². The molecular formula is C18H17N3O4S. The van der Waals surface area contributed by atoms with E-state index in [9.17, 15) is 14.7 Å². The molecule has 1 unspecified atom stereocenters. The van der Waals surface area contributed by atoms with Gasteiger partial charge in [-0.25, -0.2) is 4.79 Å².